The van der Waals surface area contributed by atoms with Crippen LogP contribution in [0.1, 0.15) is 29.0 Å². The third kappa shape index (κ3) is 3.06. The maximum atomic E-state index is 11.5. The van der Waals surface area contributed by atoms with Crippen LogP contribution in [0.25, 0.3) is 0 Å². The van der Waals surface area contributed by atoms with E-state index in [0.29, 0.717) is 16.9 Å². The Labute approximate surface area is 117 Å². The summed E-state index contributed by atoms with van der Waals surface area (Å²) < 4.78 is 4.70. The highest BCUT2D eigenvalue weighted by Crippen LogP contribution is 2.25. The standard InChI is InChI=1S/C15H17N3O2/c1-10(13-5-3-4-8-17-13)18-14-9-11(15(19)20-2)6-7-12(14)16/h3-10,18H,16H2,1-2H3. The van der Waals surface area contributed by atoms with Gasteiger partial charge in [-0.1, -0.05) is 6.07 Å². The van der Waals surface area contributed by atoms with Crippen LogP contribution in [0.4, 0.5) is 11.4 Å². The third-order valence-electron chi connectivity index (χ3n) is 2.98. The molecule has 1 aromatic heterocycles. The number of carbonyl (C=O) groups excluding carboxylic acids is 1. The minimum absolute atomic E-state index is 0.0219. The first-order valence-electron chi connectivity index (χ1n) is 6.27. The predicted molar refractivity (Wildman–Crippen MR) is 78.5 cm³/mol. The van der Waals surface area contributed by atoms with Gasteiger partial charge in [-0.25, -0.2) is 4.79 Å². The molecule has 0 aliphatic carbocycles. The van der Waals surface area contributed by atoms with E-state index in [1.54, 1.807) is 24.4 Å². The minimum atomic E-state index is -0.390. The highest BCUT2D eigenvalue weighted by Gasteiger charge is 2.11. The highest BCUT2D eigenvalue weighted by molar-refractivity contribution is 5.92. The van der Waals surface area contributed by atoms with Crippen LogP contribution in [-0.2, 0) is 4.74 Å². The predicted octanol–water partition coefficient (Wildman–Crippen LogP) is 2.62. The number of pyridine rings is 1. The molecular formula is C15H17N3O2. The Morgan fingerprint density at radius 1 is 1.35 bits per heavy atom. The number of anilines is 2. The average Bonchev–Trinajstić information content (AvgIpc) is 2.49. The summed E-state index contributed by atoms with van der Waals surface area (Å²) in [6.07, 6.45) is 1.74. The SMILES string of the molecule is COC(=O)c1ccc(N)c(NC(C)c2ccccn2)c1. The van der Waals surface area contributed by atoms with Gasteiger partial charge in [0.25, 0.3) is 0 Å². The maximum Gasteiger partial charge on any atom is 0.337 e. The van der Waals surface area contributed by atoms with E-state index in [0.717, 1.165) is 5.69 Å². The Morgan fingerprint density at radius 3 is 2.80 bits per heavy atom. The van der Waals surface area contributed by atoms with Gasteiger partial charge in [0.1, 0.15) is 0 Å². The molecule has 3 N–H and O–H groups in total. The number of carbonyl (C=O) groups is 1. The fourth-order valence-corrected chi connectivity index (χ4v) is 1.87. The van der Waals surface area contributed by atoms with E-state index in [9.17, 15) is 4.79 Å². The molecule has 1 heterocycles. The van der Waals surface area contributed by atoms with Crippen LogP contribution in [0.15, 0.2) is 42.6 Å². The molecule has 0 fully saturated rings. The summed E-state index contributed by atoms with van der Waals surface area (Å²) in [5, 5.41) is 3.25. The molecule has 0 bridgehead atoms. The number of esters is 1. The first-order chi connectivity index (χ1) is 9.61. The first-order valence-corrected chi connectivity index (χ1v) is 6.27. The molecule has 5 heteroatoms. The fourth-order valence-electron chi connectivity index (χ4n) is 1.87. The molecule has 1 atom stereocenters. The largest absolute Gasteiger partial charge is 0.465 e. The van der Waals surface area contributed by atoms with Crippen molar-refractivity contribution in [2.24, 2.45) is 0 Å². The molecule has 20 heavy (non-hydrogen) atoms. The van der Waals surface area contributed by atoms with Crippen molar-refractivity contribution in [2.75, 3.05) is 18.2 Å². The van der Waals surface area contributed by atoms with Crippen LogP contribution in [0.5, 0.6) is 0 Å². The van der Waals surface area contributed by atoms with E-state index in [-0.39, 0.29) is 6.04 Å². The van der Waals surface area contributed by atoms with Crippen LogP contribution < -0.4 is 11.1 Å². The number of nitrogens with one attached hydrogen (secondary N) is 1. The van der Waals surface area contributed by atoms with Crippen molar-refractivity contribution in [3.8, 4) is 0 Å². The van der Waals surface area contributed by atoms with E-state index < -0.39 is 5.97 Å². The highest BCUT2D eigenvalue weighted by atomic mass is 16.5. The fraction of sp³-hybridized carbons (Fsp3) is 0.200. The molecule has 0 aliphatic rings. The smallest absolute Gasteiger partial charge is 0.337 e. The molecule has 2 aromatic rings. The van der Waals surface area contributed by atoms with Crippen LogP contribution in [0, 0.1) is 0 Å². The average molecular weight is 271 g/mol. The zero-order valence-electron chi connectivity index (χ0n) is 11.5. The number of benzene rings is 1. The summed E-state index contributed by atoms with van der Waals surface area (Å²) >= 11 is 0. The molecule has 0 amide bonds. The van der Waals surface area contributed by atoms with Crippen molar-refractivity contribution in [2.45, 2.75) is 13.0 Å². The van der Waals surface area contributed by atoms with Crippen molar-refractivity contribution in [1.29, 1.82) is 0 Å². The van der Waals surface area contributed by atoms with E-state index >= 15 is 0 Å². The zero-order valence-corrected chi connectivity index (χ0v) is 11.5. The number of nitrogens with zero attached hydrogens (tertiary/aromatic N) is 1. The molecule has 2 rings (SSSR count). The van der Waals surface area contributed by atoms with Crippen molar-refractivity contribution in [1.82, 2.24) is 4.98 Å². The Kier molecular flexibility index (Phi) is 4.20. The number of hydrogen-bond donors (Lipinski definition) is 2. The zero-order chi connectivity index (χ0) is 14.5. The quantitative estimate of drug-likeness (QED) is 0.660. The van der Waals surface area contributed by atoms with Crippen LogP contribution in [-0.4, -0.2) is 18.1 Å². The number of aromatic nitrogens is 1. The van der Waals surface area contributed by atoms with Crippen molar-refractivity contribution >= 4 is 17.3 Å². The Morgan fingerprint density at radius 2 is 2.15 bits per heavy atom. The van der Waals surface area contributed by atoms with Crippen LogP contribution >= 0.6 is 0 Å². The number of ether oxygens (including phenoxy) is 1. The van der Waals surface area contributed by atoms with Gasteiger partial charge in [-0.2, -0.15) is 0 Å². The molecule has 0 spiro atoms. The van der Waals surface area contributed by atoms with Gasteiger partial charge in [-0.05, 0) is 37.3 Å². The summed E-state index contributed by atoms with van der Waals surface area (Å²) in [5.41, 5.74) is 8.53. The summed E-state index contributed by atoms with van der Waals surface area (Å²) in [7, 11) is 1.35. The topological polar surface area (TPSA) is 77.2 Å². The van der Waals surface area contributed by atoms with Gasteiger partial charge in [0, 0.05) is 6.20 Å². The molecule has 1 unspecified atom stereocenters. The summed E-state index contributed by atoms with van der Waals surface area (Å²) in [6, 6.07) is 10.7. The molecule has 0 radical (unpaired) electrons. The van der Waals surface area contributed by atoms with Gasteiger partial charge in [0.05, 0.1) is 35.8 Å². The molecule has 0 saturated heterocycles. The molecule has 0 aliphatic heterocycles. The Balaban J connectivity index is 2.22. The third-order valence-corrected chi connectivity index (χ3v) is 2.98. The number of hydrogen-bond acceptors (Lipinski definition) is 5. The lowest BCUT2D eigenvalue weighted by molar-refractivity contribution is 0.0601. The Bertz CT molecular complexity index is 599. The van der Waals surface area contributed by atoms with E-state index in [1.165, 1.54) is 7.11 Å². The molecular weight excluding hydrogens is 254 g/mol. The van der Waals surface area contributed by atoms with Gasteiger partial charge in [-0.15, -0.1) is 0 Å². The van der Waals surface area contributed by atoms with Crippen molar-refractivity contribution in [3.05, 3.63) is 53.9 Å². The van der Waals surface area contributed by atoms with Crippen molar-refractivity contribution in [3.63, 3.8) is 0 Å². The van der Waals surface area contributed by atoms with Gasteiger partial charge in [0.15, 0.2) is 0 Å². The lowest BCUT2D eigenvalue weighted by Gasteiger charge is -2.17. The van der Waals surface area contributed by atoms with E-state index in [1.807, 2.05) is 25.1 Å². The monoisotopic (exact) mass is 271 g/mol. The van der Waals surface area contributed by atoms with Gasteiger partial charge in [0.2, 0.25) is 0 Å². The second-order valence-electron chi connectivity index (χ2n) is 4.41. The lowest BCUT2D eigenvalue weighted by atomic mass is 10.1. The summed E-state index contributed by atoms with van der Waals surface area (Å²) in [6.45, 7) is 1.98. The first kappa shape index (κ1) is 13.9. The number of rotatable bonds is 4. The molecule has 5 nitrogen and oxygen atoms in total. The summed E-state index contributed by atoms with van der Waals surface area (Å²) in [4.78, 5) is 15.8. The number of nitrogen functional groups attached to an aromatic ring is 1. The second-order valence-corrected chi connectivity index (χ2v) is 4.41. The van der Waals surface area contributed by atoms with Crippen LogP contribution in [0.2, 0.25) is 0 Å². The van der Waals surface area contributed by atoms with Crippen LogP contribution in [0.3, 0.4) is 0 Å². The van der Waals surface area contributed by atoms with Gasteiger partial charge in [-0.3, -0.25) is 4.98 Å². The maximum absolute atomic E-state index is 11.5. The van der Waals surface area contributed by atoms with Gasteiger partial charge >= 0.3 is 5.97 Å². The minimum Gasteiger partial charge on any atom is -0.465 e. The van der Waals surface area contributed by atoms with Crippen molar-refractivity contribution < 1.29 is 9.53 Å². The Hall–Kier alpha value is -2.56. The number of nitrogens with two attached hydrogens (primary N) is 1. The normalized spacial score (nSPS) is 11.7. The molecule has 0 saturated carbocycles. The number of methoxy groups -OCH3 is 1. The lowest BCUT2D eigenvalue weighted by Crippen LogP contribution is -2.11. The second kappa shape index (κ2) is 6.06. The van der Waals surface area contributed by atoms with E-state index in [2.05, 4.69) is 10.3 Å². The molecule has 104 valence electrons. The summed E-state index contributed by atoms with van der Waals surface area (Å²) in [5.74, 6) is -0.390. The van der Waals surface area contributed by atoms with Gasteiger partial charge < -0.3 is 15.8 Å². The van der Waals surface area contributed by atoms with E-state index in [4.69, 9.17) is 10.5 Å². The molecule has 1 aromatic carbocycles.